The predicted octanol–water partition coefficient (Wildman–Crippen LogP) is 2.34. The third kappa shape index (κ3) is 3.67. The van der Waals surface area contributed by atoms with Gasteiger partial charge in [0.15, 0.2) is 0 Å². The normalized spacial score (nSPS) is 14.9. The molecule has 1 aliphatic rings. The molecule has 0 aromatic carbocycles. The van der Waals surface area contributed by atoms with Crippen molar-refractivity contribution in [3.8, 4) is 0 Å². The molecule has 4 rings (SSSR count). The van der Waals surface area contributed by atoms with Crippen molar-refractivity contribution >= 4 is 33.4 Å². The van der Waals surface area contributed by atoms with E-state index in [1.807, 2.05) is 5.38 Å². The summed E-state index contributed by atoms with van der Waals surface area (Å²) in [5.74, 6) is 1.45. The van der Waals surface area contributed by atoms with Crippen molar-refractivity contribution in [1.29, 1.82) is 0 Å². The highest BCUT2D eigenvalue weighted by molar-refractivity contribution is 7.16. The number of hydrogen-bond donors (Lipinski definition) is 2. The number of hydrogen-bond acceptors (Lipinski definition) is 6. The van der Waals surface area contributed by atoms with Crippen LogP contribution in [0.25, 0.3) is 10.2 Å². The number of amides is 1. The van der Waals surface area contributed by atoms with Crippen molar-refractivity contribution < 1.29 is 4.79 Å². The average molecular weight is 372 g/mol. The number of H-pyrrole nitrogens is 1. The Morgan fingerprint density at radius 2 is 2.23 bits per heavy atom. The minimum atomic E-state index is -0.357. The summed E-state index contributed by atoms with van der Waals surface area (Å²) < 4.78 is 1.29. The molecule has 136 valence electrons. The van der Waals surface area contributed by atoms with Gasteiger partial charge in [0.1, 0.15) is 17.2 Å². The molecule has 0 unspecified atom stereocenters. The Morgan fingerprint density at radius 1 is 1.38 bits per heavy atom. The van der Waals surface area contributed by atoms with Crippen molar-refractivity contribution in [3.63, 3.8) is 0 Å². The molecule has 3 aromatic heterocycles. The highest BCUT2D eigenvalue weighted by Gasteiger charge is 2.16. The highest BCUT2D eigenvalue weighted by atomic mass is 32.1. The summed E-state index contributed by atoms with van der Waals surface area (Å²) in [4.78, 5) is 33.7. The van der Waals surface area contributed by atoms with Crippen molar-refractivity contribution in [2.24, 2.45) is 5.92 Å². The Bertz CT molecular complexity index is 969. The second-order valence-electron chi connectivity index (χ2n) is 6.66. The average Bonchev–Trinajstić information content (AvgIpc) is 3.37. The van der Waals surface area contributed by atoms with Crippen LogP contribution in [0.4, 0.5) is 5.95 Å². The van der Waals surface area contributed by atoms with Crippen molar-refractivity contribution in [1.82, 2.24) is 24.7 Å². The lowest BCUT2D eigenvalue weighted by atomic mass is 10.0. The Kier molecular flexibility index (Phi) is 4.79. The molecule has 1 saturated carbocycles. The molecule has 0 saturated heterocycles. The first-order valence-electron chi connectivity index (χ1n) is 8.83. The first-order valence-corrected chi connectivity index (χ1v) is 9.71. The molecule has 2 N–H and O–H groups in total. The van der Waals surface area contributed by atoms with Crippen LogP contribution in [0.2, 0.25) is 0 Å². The monoisotopic (exact) mass is 372 g/mol. The van der Waals surface area contributed by atoms with E-state index in [2.05, 4.69) is 25.5 Å². The second-order valence-corrected chi connectivity index (χ2v) is 7.55. The van der Waals surface area contributed by atoms with Crippen molar-refractivity contribution in [2.45, 2.75) is 45.1 Å². The number of thiophene rings is 1. The molecule has 9 heteroatoms. The van der Waals surface area contributed by atoms with Gasteiger partial charge in [-0.25, -0.2) is 4.98 Å². The fourth-order valence-electron chi connectivity index (χ4n) is 3.43. The number of aromatic amines is 1. The first kappa shape index (κ1) is 16.9. The van der Waals surface area contributed by atoms with Crippen LogP contribution in [0.3, 0.4) is 0 Å². The Balaban J connectivity index is 1.35. The number of aromatic nitrogens is 5. The topological polar surface area (TPSA) is 106 Å². The van der Waals surface area contributed by atoms with E-state index < -0.39 is 0 Å². The summed E-state index contributed by atoms with van der Waals surface area (Å²) in [6.45, 7) is -0.121. The van der Waals surface area contributed by atoms with Gasteiger partial charge in [0.25, 0.3) is 5.56 Å². The lowest BCUT2D eigenvalue weighted by Crippen LogP contribution is -2.27. The molecule has 0 radical (unpaired) electrons. The molecule has 1 fully saturated rings. The minimum Gasteiger partial charge on any atom is -0.292 e. The van der Waals surface area contributed by atoms with E-state index in [0.29, 0.717) is 10.2 Å². The zero-order valence-electron chi connectivity index (χ0n) is 14.3. The summed E-state index contributed by atoms with van der Waals surface area (Å²) in [6, 6.07) is 1.72. The van der Waals surface area contributed by atoms with Crippen LogP contribution in [-0.4, -0.2) is 30.6 Å². The summed E-state index contributed by atoms with van der Waals surface area (Å²) in [7, 11) is 0. The predicted molar refractivity (Wildman–Crippen MR) is 99.2 cm³/mol. The molecule has 8 nitrogen and oxygen atoms in total. The molecule has 0 atom stereocenters. The summed E-state index contributed by atoms with van der Waals surface area (Å²) >= 11 is 1.40. The molecular weight excluding hydrogens is 352 g/mol. The zero-order valence-corrected chi connectivity index (χ0v) is 15.1. The molecule has 0 bridgehead atoms. The van der Waals surface area contributed by atoms with Gasteiger partial charge in [0.05, 0.1) is 11.7 Å². The van der Waals surface area contributed by atoms with E-state index in [4.69, 9.17) is 0 Å². The quantitative estimate of drug-likeness (QED) is 0.691. The summed E-state index contributed by atoms with van der Waals surface area (Å²) in [5, 5.41) is 11.9. The van der Waals surface area contributed by atoms with Crippen LogP contribution in [0.15, 0.2) is 22.6 Å². The zero-order chi connectivity index (χ0) is 17.9. The van der Waals surface area contributed by atoms with E-state index in [0.717, 1.165) is 24.6 Å². The van der Waals surface area contributed by atoms with E-state index in [9.17, 15) is 9.59 Å². The van der Waals surface area contributed by atoms with Gasteiger partial charge in [0, 0.05) is 6.42 Å². The third-order valence-corrected chi connectivity index (χ3v) is 5.63. The number of carbonyl (C=O) groups is 1. The number of nitrogens with zero attached hydrogens (tertiary/aromatic N) is 4. The molecule has 3 heterocycles. The van der Waals surface area contributed by atoms with Crippen LogP contribution in [0.1, 0.15) is 37.9 Å². The van der Waals surface area contributed by atoms with Crippen LogP contribution in [0.5, 0.6) is 0 Å². The number of anilines is 1. The highest BCUT2D eigenvalue weighted by Crippen LogP contribution is 2.28. The van der Waals surface area contributed by atoms with Gasteiger partial charge in [-0.1, -0.05) is 25.7 Å². The van der Waals surface area contributed by atoms with Gasteiger partial charge in [-0.2, -0.15) is 4.98 Å². The van der Waals surface area contributed by atoms with E-state index >= 15 is 0 Å². The van der Waals surface area contributed by atoms with Gasteiger partial charge >= 0.3 is 0 Å². The lowest BCUT2D eigenvalue weighted by Gasteiger charge is -2.05. The van der Waals surface area contributed by atoms with Gasteiger partial charge < -0.3 is 0 Å². The lowest BCUT2D eigenvalue weighted by molar-refractivity contribution is -0.116. The first-order chi connectivity index (χ1) is 12.7. The fourth-order valence-corrected chi connectivity index (χ4v) is 4.15. The van der Waals surface area contributed by atoms with Crippen LogP contribution in [0, 0.1) is 5.92 Å². The molecule has 0 aliphatic heterocycles. The smallest absolute Gasteiger partial charge is 0.262 e. The summed E-state index contributed by atoms with van der Waals surface area (Å²) in [5.41, 5.74) is -0.223. The van der Waals surface area contributed by atoms with E-state index in [-0.39, 0.29) is 24.0 Å². The number of carbonyl (C=O) groups excluding carboxylic acids is 1. The molecule has 3 aromatic rings. The van der Waals surface area contributed by atoms with Crippen LogP contribution in [-0.2, 0) is 17.8 Å². The molecule has 26 heavy (non-hydrogen) atoms. The second kappa shape index (κ2) is 7.36. The molecule has 0 spiro atoms. The van der Waals surface area contributed by atoms with Gasteiger partial charge in [-0.3, -0.25) is 24.6 Å². The third-order valence-electron chi connectivity index (χ3n) is 4.81. The molecule has 1 amide bonds. The van der Waals surface area contributed by atoms with Crippen LogP contribution >= 0.6 is 11.3 Å². The maximum atomic E-state index is 12.3. The van der Waals surface area contributed by atoms with Gasteiger partial charge in [-0.05, 0) is 23.8 Å². The van der Waals surface area contributed by atoms with E-state index in [1.54, 1.807) is 6.07 Å². The Labute approximate surface area is 153 Å². The number of nitrogens with one attached hydrogen (secondary N) is 2. The number of aryl methyl sites for hydroxylation is 1. The maximum Gasteiger partial charge on any atom is 0.262 e. The SMILES string of the molecule is O=C(Cn1cnc2sccc2c1=O)Nc1n[nH]c(CCC2CCCC2)n1. The van der Waals surface area contributed by atoms with Crippen molar-refractivity contribution in [3.05, 3.63) is 34.0 Å². The standard InChI is InChI=1S/C17H20N6O2S/c24-14(9-23-10-18-15-12(16(23)25)7-8-26-15)20-17-19-13(21-22-17)6-5-11-3-1-2-4-11/h7-8,10-11H,1-6,9H2,(H2,19,20,21,22,24). The number of rotatable bonds is 6. The molecule has 1 aliphatic carbocycles. The van der Waals surface area contributed by atoms with Crippen molar-refractivity contribution in [2.75, 3.05) is 5.32 Å². The molecular formula is C17H20N6O2S. The summed E-state index contributed by atoms with van der Waals surface area (Å²) in [6.07, 6.45) is 8.59. The van der Waals surface area contributed by atoms with E-state index in [1.165, 1.54) is 47.9 Å². The van der Waals surface area contributed by atoms with Crippen LogP contribution < -0.4 is 10.9 Å². The Hall–Kier alpha value is -2.55. The minimum absolute atomic E-state index is 0.121. The fraction of sp³-hybridized carbons (Fsp3) is 0.471. The van der Waals surface area contributed by atoms with Gasteiger partial charge in [0.2, 0.25) is 11.9 Å². The van der Waals surface area contributed by atoms with Gasteiger partial charge in [-0.15, -0.1) is 16.4 Å². The maximum absolute atomic E-state index is 12.3. The largest absolute Gasteiger partial charge is 0.292 e. The Morgan fingerprint density at radius 3 is 3.08 bits per heavy atom. The number of fused-ring (bicyclic) bond motifs is 1.